The molecule has 0 spiro atoms. The molecular weight excluding hydrogens is 595 g/mol. The fourth-order valence-corrected chi connectivity index (χ4v) is 6.21. The van der Waals surface area contributed by atoms with Crippen molar-refractivity contribution in [1.82, 2.24) is 5.32 Å². The number of carboxylic acids is 1. The summed E-state index contributed by atoms with van der Waals surface area (Å²) in [4.78, 5) is 25.7. The number of aliphatic carboxylic acids is 1. The van der Waals surface area contributed by atoms with Crippen LogP contribution in [0.3, 0.4) is 0 Å². The number of carboxylic acid groups (broad SMARTS) is 1. The molecular formula is C33H33Cl2F2N3O3. The molecule has 226 valence electrons. The standard InChI is InChI=1S/C33H33Cl2F2N3O3/c1-31(2,3)16-25-33(17-38,22-14-11-19(34)15-24(22)36)26(21-7-6-8-23(35)27(21)37)28(40-25)29(41)39-20-12-9-18(10-13-20)32(4,5)30(42)43/h6-15,25-26,28,40H,16H2,1-5H3,(H,39,41)(H,42,43)/t25-,26-,28+,33-/m1/s1. The van der Waals surface area contributed by atoms with E-state index in [1.807, 2.05) is 20.8 Å². The molecule has 3 aromatic carbocycles. The summed E-state index contributed by atoms with van der Waals surface area (Å²) in [5.41, 5.74) is -2.40. The molecule has 4 rings (SSSR count). The number of nitriles is 1. The van der Waals surface area contributed by atoms with Crippen molar-refractivity contribution in [3.05, 3.63) is 99.0 Å². The summed E-state index contributed by atoms with van der Waals surface area (Å²) in [7, 11) is 0. The van der Waals surface area contributed by atoms with E-state index in [0.717, 1.165) is 6.07 Å². The first kappa shape index (κ1) is 32.4. The van der Waals surface area contributed by atoms with Gasteiger partial charge in [-0.1, -0.05) is 74.3 Å². The van der Waals surface area contributed by atoms with E-state index in [9.17, 15) is 20.0 Å². The van der Waals surface area contributed by atoms with Crippen LogP contribution in [0.15, 0.2) is 60.7 Å². The Bertz CT molecular complexity index is 1600. The van der Waals surface area contributed by atoms with Crippen LogP contribution >= 0.6 is 23.2 Å². The van der Waals surface area contributed by atoms with E-state index >= 15 is 8.78 Å². The molecule has 43 heavy (non-hydrogen) atoms. The molecule has 3 N–H and O–H groups in total. The summed E-state index contributed by atoms with van der Waals surface area (Å²) < 4.78 is 31.5. The number of halogens is 4. The second kappa shape index (κ2) is 11.9. The number of benzene rings is 3. The highest BCUT2D eigenvalue weighted by molar-refractivity contribution is 6.31. The number of nitrogens with zero attached hydrogens (tertiary/aromatic N) is 1. The number of carbonyl (C=O) groups is 2. The second-order valence-electron chi connectivity index (χ2n) is 12.7. The van der Waals surface area contributed by atoms with E-state index in [2.05, 4.69) is 16.7 Å². The molecule has 0 saturated carbocycles. The number of nitrogens with one attached hydrogen (secondary N) is 2. The molecule has 1 aliphatic heterocycles. The van der Waals surface area contributed by atoms with E-state index in [-0.39, 0.29) is 26.6 Å². The lowest BCUT2D eigenvalue weighted by Crippen LogP contribution is -2.45. The Hall–Kier alpha value is -3.51. The predicted octanol–water partition coefficient (Wildman–Crippen LogP) is 7.59. The van der Waals surface area contributed by atoms with Gasteiger partial charge in [0.05, 0.1) is 22.5 Å². The van der Waals surface area contributed by atoms with Crippen LogP contribution in [0.25, 0.3) is 0 Å². The maximum Gasteiger partial charge on any atom is 0.313 e. The van der Waals surface area contributed by atoms with Gasteiger partial charge in [0.25, 0.3) is 0 Å². The molecule has 6 nitrogen and oxygen atoms in total. The summed E-state index contributed by atoms with van der Waals surface area (Å²) >= 11 is 12.3. The third-order valence-corrected chi connectivity index (χ3v) is 8.67. The predicted molar refractivity (Wildman–Crippen MR) is 163 cm³/mol. The first-order valence-electron chi connectivity index (χ1n) is 13.7. The van der Waals surface area contributed by atoms with Crippen LogP contribution in [-0.2, 0) is 20.4 Å². The molecule has 1 heterocycles. The summed E-state index contributed by atoms with van der Waals surface area (Å²) in [5, 5.41) is 26.5. The van der Waals surface area contributed by atoms with Gasteiger partial charge < -0.3 is 15.7 Å². The molecule has 1 saturated heterocycles. The van der Waals surface area contributed by atoms with E-state index in [1.165, 1.54) is 30.3 Å². The Labute approximate surface area is 260 Å². The second-order valence-corrected chi connectivity index (χ2v) is 13.5. The third kappa shape index (κ3) is 6.12. The molecule has 1 amide bonds. The van der Waals surface area contributed by atoms with Gasteiger partial charge >= 0.3 is 5.97 Å². The highest BCUT2D eigenvalue weighted by Gasteiger charge is 2.61. The summed E-state index contributed by atoms with van der Waals surface area (Å²) in [6, 6.07) is 15.0. The van der Waals surface area contributed by atoms with Gasteiger partial charge in [0.2, 0.25) is 5.91 Å². The fourth-order valence-electron chi connectivity index (χ4n) is 5.87. The lowest BCUT2D eigenvalue weighted by molar-refractivity contribution is -0.142. The van der Waals surface area contributed by atoms with Crippen molar-refractivity contribution in [2.45, 2.75) is 69.9 Å². The minimum Gasteiger partial charge on any atom is -0.481 e. The number of carbonyl (C=O) groups excluding carboxylic acids is 1. The Kier molecular flexibility index (Phi) is 8.95. The summed E-state index contributed by atoms with van der Waals surface area (Å²) in [6.07, 6.45) is 0.337. The van der Waals surface area contributed by atoms with E-state index in [1.54, 1.807) is 38.1 Å². The largest absolute Gasteiger partial charge is 0.481 e. The zero-order valence-electron chi connectivity index (χ0n) is 24.4. The molecule has 0 aliphatic carbocycles. The average Bonchev–Trinajstić information content (AvgIpc) is 3.23. The van der Waals surface area contributed by atoms with Crippen molar-refractivity contribution in [1.29, 1.82) is 5.26 Å². The smallest absolute Gasteiger partial charge is 0.313 e. The number of amides is 1. The molecule has 10 heteroatoms. The lowest BCUT2D eigenvalue weighted by atomic mass is 9.62. The van der Waals surface area contributed by atoms with Gasteiger partial charge in [0, 0.05) is 28.2 Å². The highest BCUT2D eigenvalue weighted by atomic mass is 35.5. The fraction of sp³-hybridized carbons (Fsp3) is 0.364. The molecule has 0 unspecified atom stereocenters. The van der Waals surface area contributed by atoms with Crippen molar-refractivity contribution in [3.63, 3.8) is 0 Å². The quantitative estimate of drug-likeness (QED) is 0.250. The van der Waals surface area contributed by atoms with Crippen molar-refractivity contribution in [2.75, 3.05) is 5.32 Å². The number of rotatable bonds is 7. The minimum absolute atomic E-state index is 0.00832. The monoisotopic (exact) mass is 627 g/mol. The van der Waals surface area contributed by atoms with Crippen LogP contribution in [0, 0.1) is 28.4 Å². The Morgan fingerprint density at radius 1 is 1.05 bits per heavy atom. The molecule has 0 aromatic heterocycles. The van der Waals surface area contributed by atoms with E-state index in [0.29, 0.717) is 17.7 Å². The third-order valence-electron chi connectivity index (χ3n) is 8.14. The molecule has 3 aromatic rings. The van der Waals surface area contributed by atoms with Crippen molar-refractivity contribution in [3.8, 4) is 6.07 Å². The molecule has 0 radical (unpaired) electrons. The van der Waals surface area contributed by atoms with Crippen LogP contribution in [-0.4, -0.2) is 29.1 Å². The van der Waals surface area contributed by atoms with Gasteiger partial charge in [-0.15, -0.1) is 0 Å². The van der Waals surface area contributed by atoms with Gasteiger partial charge in [-0.2, -0.15) is 5.26 Å². The van der Waals surface area contributed by atoms with Crippen LogP contribution in [0.5, 0.6) is 0 Å². The van der Waals surface area contributed by atoms with Gasteiger partial charge in [-0.3, -0.25) is 9.59 Å². The SMILES string of the molecule is CC(C)(C)C[C@H]1N[C@H](C(=O)Nc2ccc(C(C)(C)C(=O)O)cc2)[C@@H](c2cccc(Cl)c2F)[C@]1(C#N)c1ccc(Cl)cc1F. The maximum atomic E-state index is 15.8. The van der Waals surface area contributed by atoms with Crippen molar-refractivity contribution in [2.24, 2.45) is 5.41 Å². The van der Waals surface area contributed by atoms with Gasteiger partial charge in [0.1, 0.15) is 17.0 Å². The molecule has 0 bridgehead atoms. The number of hydrogen-bond acceptors (Lipinski definition) is 4. The number of anilines is 1. The normalized spacial score (nSPS) is 22.2. The van der Waals surface area contributed by atoms with Gasteiger partial charge in [0.15, 0.2) is 0 Å². The summed E-state index contributed by atoms with van der Waals surface area (Å²) in [6.45, 7) is 9.01. The topological polar surface area (TPSA) is 102 Å². The molecule has 4 atom stereocenters. The zero-order chi connectivity index (χ0) is 31.9. The first-order valence-corrected chi connectivity index (χ1v) is 14.5. The minimum atomic E-state index is -1.75. The molecule has 1 aliphatic rings. The Morgan fingerprint density at radius 2 is 1.70 bits per heavy atom. The van der Waals surface area contributed by atoms with Crippen LogP contribution < -0.4 is 10.6 Å². The van der Waals surface area contributed by atoms with Gasteiger partial charge in [-0.05, 0) is 67.1 Å². The Balaban J connectivity index is 1.88. The Morgan fingerprint density at radius 3 is 2.26 bits per heavy atom. The van der Waals surface area contributed by atoms with E-state index < -0.39 is 52.3 Å². The highest BCUT2D eigenvalue weighted by Crippen LogP contribution is 2.53. The molecule has 1 fully saturated rings. The number of hydrogen-bond donors (Lipinski definition) is 3. The van der Waals surface area contributed by atoms with Crippen molar-refractivity contribution >= 4 is 40.8 Å². The maximum absolute atomic E-state index is 15.8. The lowest BCUT2D eigenvalue weighted by Gasteiger charge is -2.37. The van der Waals surface area contributed by atoms with E-state index in [4.69, 9.17) is 23.2 Å². The zero-order valence-corrected chi connectivity index (χ0v) is 25.9. The van der Waals surface area contributed by atoms with Gasteiger partial charge in [-0.25, -0.2) is 8.78 Å². The van der Waals surface area contributed by atoms with Crippen LogP contribution in [0.2, 0.25) is 10.0 Å². The summed E-state index contributed by atoms with van der Waals surface area (Å²) in [5.74, 6) is -4.35. The van der Waals surface area contributed by atoms with Crippen LogP contribution in [0.1, 0.15) is 63.6 Å². The first-order chi connectivity index (χ1) is 20.0. The average molecular weight is 629 g/mol. The van der Waals surface area contributed by atoms with Crippen LogP contribution in [0.4, 0.5) is 14.5 Å². The van der Waals surface area contributed by atoms with Crippen molar-refractivity contribution < 1.29 is 23.5 Å².